The van der Waals surface area contributed by atoms with E-state index in [9.17, 15) is 4.79 Å². The quantitative estimate of drug-likeness (QED) is 0.352. The standard InChI is InChI=1S/C19H24N2O4S2/c1-6-17-21-14(11-26-17)19-20-13(10-27-19)7-8-15(23-3)12(2)16(24-4)9-18(22)25-5/h7-12,15H,6H2,1-5H3/b8-7+,16-9+/t12-,15+/m1/s1. The maximum atomic E-state index is 11.5. The Bertz CT molecular complexity index is 810. The molecule has 0 aromatic carbocycles. The van der Waals surface area contributed by atoms with Gasteiger partial charge in [0, 0.05) is 23.8 Å². The number of hydrogen-bond donors (Lipinski definition) is 0. The van der Waals surface area contributed by atoms with Gasteiger partial charge in [0.05, 0.1) is 37.1 Å². The van der Waals surface area contributed by atoms with E-state index in [1.807, 2.05) is 29.8 Å². The van der Waals surface area contributed by atoms with Gasteiger partial charge in [-0.05, 0) is 12.5 Å². The number of hydrogen-bond acceptors (Lipinski definition) is 8. The summed E-state index contributed by atoms with van der Waals surface area (Å²) in [5, 5.41) is 6.02. The molecule has 2 aromatic rings. The molecule has 146 valence electrons. The molecule has 0 unspecified atom stereocenters. The average molecular weight is 409 g/mol. The molecule has 0 spiro atoms. The van der Waals surface area contributed by atoms with Crippen LogP contribution in [0.1, 0.15) is 24.5 Å². The van der Waals surface area contributed by atoms with Crippen LogP contribution in [0, 0.1) is 5.92 Å². The predicted octanol–water partition coefficient (Wildman–Crippen LogP) is 4.20. The molecule has 0 N–H and O–H groups in total. The number of rotatable bonds is 9. The number of carbonyl (C=O) groups is 1. The third-order valence-electron chi connectivity index (χ3n) is 3.96. The predicted molar refractivity (Wildman–Crippen MR) is 109 cm³/mol. The zero-order chi connectivity index (χ0) is 19.8. The van der Waals surface area contributed by atoms with Gasteiger partial charge in [0.15, 0.2) is 0 Å². The van der Waals surface area contributed by atoms with Gasteiger partial charge in [-0.3, -0.25) is 0 Å². The van der Waals surface area contributed by atoms with E-state index in [0.29, 0.717) is 5.76 Å². The van der Waals surface area contributed by atoms with Gasteiger partial charge in [0.1, 0.15) is 16.5 Å². The van der Waals surface area contributed by atoms with Crippen LogP contribution in [0.25, 0.3) is 16.8 Å². The van der Waals surface area contributed by atoms with E-state index in [0.717, 1.165) is 27.8 Å². The molecule has 0 aliphatic heterocycles. The van der Waals surface area contributed by atoms with E-state index in [1.54, 1.807) is 29.8 Å². The van der Waals surface area contributed by atoms with E-state index >= 15 is 0 Å². The smallest absolute Gasteiger partial charge is 0.333 e. The summed E-state index contributed by atoms with van der Waals surface area (Å²) in [7, 11) is 4.47. The first-order valence-electron chi connectivity index (χ1n) is 8.47. The van der Waals surface area contributed by atoms with Gasteiger partial charge in [0.25, 0.3) is 0 Å². The zero-order valence-corrected chi connectivity index (χ0v) is 17.7. The molecule has 0 radical (unpaired) electrons. The lowest BCUT2D eigenvalue weighted by Crippen LogP contribution is -2.21. The van der Waals surface area contributed by atoms with Crippen molar-refractivity contribution >= 4 is 34.7 Å². The Hall–Kier alpha value is -2.03. The number of ether oxygens (including phenoxy) is 3. The molecule has 0 aliphatic rings. The van der Waals surface area contributed by atoms with Crippen molar-refractivity contribution in [2.24, 2.45) is 5.92 Å². The second-order valence-electron chi connectivity index (χ2n) is 5.68. The van der Waals surface area contributed by atoms with Crippen LogP contribution in [0.3, 0.4) is 0 Å². The Balaban J connectivity index is 2.12. The summed E-state index contributed by atoms with van der Waals surface area (Å²) in [5.74, 6) is -0.137. The average Bonchev–Trinajstić information content (AvgIpc) is 3.35. The van der Waals surface area contributed by atoms with Crippen LogP contribution < -0.4 is 0 Å². The third-order valence-corrected chi connectivity index (χ3v) is 5.84. The first-order chi connectivity index (χ1) is 13.0. The Morgan fingerprint density at radius 3 is 2.56 bits per heavy atom. The summed E-state index contributed by atoms with van der Waals surface area (Å²) in [5.41, 5.74) is 1.76. The summed E-state index contributed by atoms with van der Waals surface area (Å²) in [4.78, 5) is 20.7. The van der Waals surface area contributed by atoms with E-state index in [1.165, 1.54) is 20.3 Å². The minimum atomic E-state index is -0.462. The molecule has 27 heavy (non-hydrogen) atoms. The number of thiazole rings is 2. The van der Waals surface area contributed by atoms with Crippen molar-refractivity contribution < 1.29 is 19.0 Å². The molecule has 0 saturated heterocycles. The van der Waals surface area contributed by atoms with Crippen LogP contribution >= 0.6 is 22.7 Å². The molecular weight excluding hydrogens is 384 g/mol. The molecule has 2 atom stereocenters. The molecule has 0 amide bonds. The highest BCUT2D eigenvalue weighted by Gasteiger charge is 2.20. The topological polar surface area (TPSA) is 70.5 Å². The maximum Gasteiger partial charge on any atom is 0.333 e. The summed E-state index contributed by atoms with van der Waals surface area (Å²) in [6, 6.07) is 0. The molecule has 2 aromatic heterocycles. The van der Waals surface area contributed by atoms with Crippen LogP contribution in [-0.4, -0.2) is 43.4 Å². The highest BCUT2D eigenvalue weighted by Crippen LogP contribution is 2.26. The first kappa shape index (κ1) is 21.3. The minimum absolute atomic E-state index is 0.167. The van der Waals surface area contributed by atoms with Gasteiger partial charge in [-0.15, -0.1) is 22.7 Å². The van der Waals surface area contributed by atoms with Crippen LogP contribution in [-0.2, 0) is 25.4 Å². The molecular formula is C19H24N2O4S2. The largest absolute Gasteiger partial charge is 0.500 e. The van der Waals surface area contributed by atoms with Crippen molar-refractivity contribution in [2.75, 3.05) is 21.3 Å². The number of methoxy groups -OCH3 is 3. The first-order valence-corrected chi connectivity index (χ1v) is 10.2. The summed E-state index contributed by atoms with van der Waals surface area (Å²) >= 11 is 3.21. The lowest BCUT2D eigenvalue weighted by Gasteiger charge is -2.21. The van der Waals surface area contributed by atoms with Gasteiger partial charge >= 0.3 is 5.97 Å². The van der Waals surface area contributed by atoms with Crippen LogP contribution in [0.15, 0.2) is 28.7 Å². The second kappa shape index (κ2) is 10.3. The van der Waals surface area contributed by atoms with Gasteiger partial charge in [-0.2, -0.15) is 0 Å². The summed E-state index contributed by atoms with van der Waals surface area (Å²) < 4.78 is 15.5. The second-order valence-corrected chi connectivity index (χ2v) is 7.48. The maximum absolute atomic E-state index is 11.5. The number of esters is 1. The van der Waals surface area contributed by atoms with Crippen LogP contribution in [0.4, 0.5) is 0 Å². The Labute approximate surface area is 167 Å². The molecule has 2 rings (SSSR count). The fourth-order valence-electron chi connectivity index (χ4n) is 2.41. The van der Waals surface area contributed by atoms with Crippen molar-refractivity contribution in [1.82, 2.24) is 9.97 Å². The lowest BCUT2D eigenvalue weighted by atomic mass is 10.0. The van der Waals surface area contributed by atoms with E-state index in [2.05, 4.69) is 21.6 Å². The normalized spacial score (nSPS) is 14.3. The highest BCUT2D eigenvalue weighted by atomic mass is 32.1. The van der Waals surface area contributed by atoms with Gasteiger partial charge in [-0.1, -0.05) is 19.9 Å². The van der Waals surface area contributed by atoms with Crippen molar-refractivity contribution in [3.05, 3.63) is 39.4 Å². The molecule has 0 fully saturated rings. The van der Waals surface area contributed by atoms with E-state index < -0.39 is 5.97 Å². The van der Waals surface area contributed by atoms with Crippen molar-refractivity contribution in [2.45, 2.75) is 26.4 Å². The van der Waals surface area contributed by atoms with Crippen molar-refractivity contribution in [1.29, 1.82) is 0 Å². The zero-order valence-electron chi connectivity index (χ0n) is 16.1. The summed E-state index contributed by atoms with van der Waals surface area (Å²) in [6.07, 6.45) is 5.79. The van der Waals surface area contributed by atoms with Crippen LogP contribution in [0.2, 0.25) is 0 Å². The van der Waals surface area contributed by atoms with Crippen molar-refractivity contribution in [3.8, 4) is 10.7 Å². The Morgan fingerprint density at radius 1 is 1.19 bits per heavy atom. The fraction of sp³-hybridized carbons (Fsp3) is 0.421. The lowest BCUT2D eigenvalue weighted by molar-refractivity contribution is -0.135. The number of aromatic nitrogens is 2. The Kier molecular flexibility index (Phi) is 8.15. The molecule has 0 bridgehead atoms. The molecule has 8 heteroatoms. The molecule has 2 heterocycles. The van der Waals surface area contributed by atoms with E-state index in [-0.39, 0.29) is 12.0 Å². The minimum Gasteiger partial charge on any atom is -0.500 e. The van der Waals surface area contributed by atoms with E-state index in [4.69, 9.17) is 9.47 Å². The number of aryl methyl sites for hydroxylation is 1. The monoisotopic (exact) mass is 408 g/mol. The molecule has 0 aliphatic carbocycles. The third kappa shape index (κ3) is 5.72. The Morgan fingerprint density at radius 2 is 1.96 bits per heavy atom. The van der Waals surface area contributed by atoms with Gasteiger partial charge in [-0.25, -0.2) is 14.8 Å². The highest BCUT2D eigenvalue weighted by molar-refractivity contribution is 7.14. The summed E-state index contributed by atoms with van der Waals surface area (Å²) in [6.45, 7) is 4.01. The van der Waals surface area contributed by atoms with Gasteiger partial charge < -0.3 is 14.2 Å². The van der Waals surface area contributed by atoms with Gasteiger partial charge in [0.2, 0.25) is 0 Å². The number of carbonyl (C=O) groups excluding carboxylic acids is 1. The van der Waals surface area contributed by atoms with Crippen molar-refractivity contribution in [3.63, 3.8) is 0 Å². The molecule has 0 saturated carbocycles. The fourth-order valence-corrected chi connectivity index (χ4v) is 3.96. The SMILES string of the molecule is CCc1nc(-c2nc(/C=C/[C@H](OC)[C@@H](C)/C(=C\C(=O)OC)OC)cs2)cs1. The number of nitrogens with zero attached hydrogens (tertiary/aromatic N) is 2. The molecule has 6 nitrogen and oxygen atoms in total. The van der Waals surface area contributed by atoms with Crippen LogP contribution in [0.5, 0.6) is 0 Å².